The standard InChI is InChI=1S/C14H18N2O3S/c1-10(2)9-16(14(17)11-6-7-11)12-5-4-8-15-13(12)20(3,18)19/h4-5,8,11H,1,6-7,9H2,2-3H3. The first-order valence-electron chi connectivity index (χ1n) is 6.41. The van der Waals surface area contributed by atoms with E-state index in [0.717, 1.165) is 24.7 Å². The van der Waals surface area contributed by atoms with Gasteiger partial charge in [-0.15, -0.1) is 0 Å². The van der Waals surface area contributed by atoms with Crippen LogP contribution >= 0.6 is 0 Å². The van der Waals surface area contributed by atoms with Gasteiger partial charge in [0.2, 0.25) is 5.91 Å². The molecule has 0 aromatic carbocycles. The summed E-state index contributed by atoms with van der Waals surface area (Å²) in [7, 11) is -3.49. The summed E-state index contributed by atoms with van der Waals surface area (Å²) in [5.74, 6) is -0.0483. The number of hydrogen-bond donors (Lipinski definition) is 0. The van der Waals surface area contributed by atoms with Crippen LogP contribution in [0.1, 0.15) is 19.8 Å². The number of amides is 1. The number of nitrogens with zero attached hydrogens (tertiary/aromatic N) is 2. The molecule has 1 aliphatic rings. The van der Waals surface area contributed by atoms with Gasteiger partial charge in [-0.3, -0.25) is 4.79 Å². The van der Waals surface area contributed by atoms with Crippen molar-refractivity contribution in [3.8, 4) is 0 Å². The van der Waals surface area contributed by atoms with Gasteiger partial charge in [-0.1, -0.05) is 12.2 Å². The maximum Gasteiger partial charge on any atom is 0.230 e. The highest BCUT2D eigenvalue weighted by Crippen LogP contribution is 2.34. The van der Waals surface area contributed by atoms with Crippen molar-refractivity contribution >= 4 is 21.4 Å². The summed E-state index contributed by atoms with van der Waals surface area (Å²) in [4.78, 5) is 17.8. The summed E-state index contributed by atoms with van der Waals surface area (Å²) in [5, 5.41) is -0.0600. The minimum Gasteiger partial charge on any atom is -0.305 e. The van der Waals surface area contributed by atoms with Crippen LogP contribution in [0.4, 0.5) is 5.69 Å². The molecule has 0 radical (unpaired) electrons. The number of anilines is 1. The molecule has 0 unspecified atom stereocenters. The van der Waals surface area contributed by atoms with E-state index in [1.165, 1.54) is 11.1 Å². The highest BCUT2D eigenvalue weighted by Gasteiger charge is 2.35. The fourth-order valence-electron chi connectivity index (χ4n) is 1.98. The molecule has 1 aromatic rings. The molecule has 1 fully saturated rings. The Morgan fingerprint density at radius 2 is 2.15 bits per heavy atom. The molecule has 0 aliphatic heterocycles. The van der Waals surface area contributed by atoms with Gasteiger partial charge in [0, 0.05) is 24.9 Å². The van der Waals surface area contributed by atoms with Crippen LogP contribution in [-0.2, 0) is 14.6 Å². The molecule has 0 saturated heterocycles. The van der Waals surface area contributed by atoms with Crippen molar-refractivity contribution in [3.05, 3.63) is 30.5 Å². The number of carbonyl (C=O) groups is 1. The molecular weight excluding hydrogens is 276 g/mol. The quantitative estimate of drug-likeness (QED) is 0.777. The van der Waals surface area contributed by atoms with Gasteiger partial charge < -0.3 is 4.90 Å². The van der Waals surface area contributed by atoms with E-state index in [1.54, 1.807) is 12.1 Å². The summed E-state index contributed by atoms with van der Waals surface area (Å²) in [5.41, 5.74) is 1.14. The van der Waals surface area contributed by atoms with Gasteiger partial charge >= 0.3 is 0 Å². The molecule has 1 saturated carbocycles. The molecular formula is C14H18N2O3S. The summed E-state index contributed by atoms with van der Waals surface area (Å²) >= 11 is 0. The van der Waals surface area contributed by atoms with Crippen LogP contribution < -0.4 is 4.90 Å². The Morgan fingerprint density at radius 3 is 2.65 bits per heavy atom. The van der Waals surface area contributed by atoms with Crippen LogP contribution in [0.2, 0.25) is 0 Å². The lowest BCUT2D eigenvalue weighted by Crippen LogP contribution is -2.34. The Hall–Kier alpha value is -1.69. The molecule has 108 valence electrons. The maximum atomic E-state index is 12.4. The zero-order chi connectivity index (χ0) is 14.9. The molecule has 1 amide bonds. The second-order valence-corrected chi connectivity index (χ2v) is 7.19. The number of rotatable bonds is 5. The molecule has 1 aliphatic carbocycles. The van der Waals surface area contributed by atoms with Crippen molar-refractivity contribution in [1.29, 1.82) is 0 Å². The Kier molecular flexibility index (Phi) is 3.94. The minimum atomic E-state index is -3.49. The van der Waals surface area contributed by atoms with Crippen molar-refractivity contribution < 1.29 is 13.2 Å². The van der Waals surface area contributed by atoms with Gasteiger partial charge in [0.1, 0.15) is 0 Å². The normalized spacial score (nSPS) is 14.9. The van der Waals surface area contributed by atoms with Crippen LogP contribution in [0.15, 0.2) is 35.5 Å². The Bertz CT molecular complexity index is 648. The number of carbonyl (C=O) groups excluding carboxylic acids is 1. The van der Waals surface area contributed by atoms with Crippen LogP contribution in [-0.4, -0.2) is 32.1 Å². The van der Waals surface area contributed by atoms with Gasteiger partial charge in [0.25, 0.3) is 0 Å². The molecule has 1 aromatic heterocycles. The van der Waals surface area contributed by atoms with Gasteiger partial charge in [0.15, 0.2) is 14.9 Å². The minimum absolute atomic E-state index is 0.00182. The molecule has 2 rings (SSSR count). The van der Waals surface area contributed by atoms with Gasteiger partial charge in [-0.2, -0.15) is 0 Å². The van der Waals surface area contributed by atoms with Crippen molar-refractivity contribution in [2.24, 2.45) is 5.92 Å². The van der Waals surface area contributed by atoms with E-state index in [1.807, 2.05) is 6.92 Å². The predicted octanol–water partition coefficient (Wildman–Crippen LogP) is 1.80. The second-order valence-electron chi connectivity index (χ2n) is 5.26. The van der Waals surface area contributed by atoms with Crippen LogP contribution in [0.25, 0.3) is 0 Å². The summed E-state index contributed by atoms with van der Waals surface area (Å²) in [6, 6.07) is 3.25. The molecule has 1 heterocycles. The molecule has 5 nitrogen and oxygen atoms in total. The Balaban J connectivity index is 2.48. The van der Waals surface area contributed by atoms with Gasteiger partial charge in [-0.05, 0) is 31.9 Å². The van der Waals surface area contributed by atoms with E-state index in [4.69, 9.17) is 0 Å². The molecule has 0 spiro atoms. The third kappa shape index (κ3) is 3.25. The summed E-state index contributed by atoms with van der Waals surface area (Å²) < 4.78 is 23.7. The van der Waals surface area contributed by atoms with Gasteiger partial charge in [-0.25, -0.2) is 13.4 Å². The Morgan fingerprint density at radius 1 is 1.50 bits per heavy atom. The zero-order valence-corrected chi connectivity index (χ0v) is 12.5. The zero-order valence-electron chi connectivity index (χ0n) is 11.7. The fourth-order valence-corrected chi connectivity index (χ4v) is 2.79. The first kappa shape index (κ1) is 14.7. The highest BCUT2D eigenvalue weighted by molar-refractivity contribution is 7.90. The van der Waals surface area contributed by atoms with Crippen molar-refractivity contribution in [2.75, 3.05) is 17.7 Å². The lowest BCUT2D eigenvalue weighted by molar-refractivity contribution is -0.119. The van der Waals surface area contributed by atoms with Crippen molar-refractivity contribution in [1.82, 2.24) is 4.98 Å². The third-order valence-electron chi connectivity index (χ3n) is 3.01. The topological polar surface area (TPSA) is 67.3 Å². The number of sulfone groups is 1. The van der Waals surface area contributed by atoms with E-state index in [-0.39, 0.29) is 16.9 Å². The molecule has 0 bridgehead atoms. The SMILES string of the molecule is C=C(C)CN(C(=O)C1CC1)c1cccnc1S(C)(=O)=O. The number of hydrogen-bond acceptors (Lipinski definition) is 4. The fraction of sp³-hybridized carbons (Fsp3) is 0.429. The smallest absolute Gasteiger partial charge is 0.230 e. The maximum absolute atomic E-state index is 12.4. The van der Waals surface area contributed by atoms with E-state index in [0.29, 0.717) is 12.2 Å². The monoisotopic (exact) mass is 294 g/mol. The number of pyridine rings is 1. The largest absolute Gasteiger partial charge is 0.305 e. The lowest BCUT2D eigenvalue weighted by atomic mass is 10.2. The van der Waals surface area contributed by atoms with Crippen LogP contribution in [0, 0.1) is 5.92 Å². The average Bonchev–Trinajstić information content (AvgIpc) is 3.18. The molecule has 0 N–H and O–H groups in total. The molecule has 6 heteroatoms. The van der Waals surface area contributed by atoms with Crippen LogP contribution in [0.5, 0.6) is 0 Å². The summed E-state index contributed by atoms with van der Waals surface area (Å²) in [6.45, 7) is 5.93. The molecule has 0 atom stereocenters. The van der Waals surface area contributed by atoms with Gasteiger partial charge in [0.05, 0.1) is 5.69 Å². The first-order valence-corrected chi connectivity index (χ1v) is 8.30. The predicted molar refractivity (Wildman–Crippen MR) is 77.2 cm³/mol. The van der Waals surface area contributed by atoms with Crippen molar-refractivity contribution in [2.45, 2.75) is 24.8 Å². The van der Waals surface area contributed by atoms with Crippen LogP contribution in [0.3, 0.4) is 0 Å². The average molecular weight is 294 g/mol. The second kappa shape index (κ2) is 5.36. The van der Waals surface area contributed by atoms with Crippen molar-refractivity contribution in [3.63, 3.8) is 0 Å². The van der Waals surface area contributed by atoms with E-state index < -0.39 is 9.84 Å². The van der Waals surface area contributed by atoms with E-state index >= 15 is 0 Å². The lowest BCUT2D eigenvalue weighted by Gasteiger charge is -2.24. The molecule has 20 heavy (non-hydrogen) atoms. The highest BCUT2D eigenvalue weighted by atomic mass is 32.2. The van der Waals surface area contributed by atoms with E-state index in [9.17, 15) is 13.2 Å². The third-order valence-corrected chi connectivity index (χ3v) is 4.03. The number of aromatic nitrogens is 1. The van der Waals surface area contributed by atoms with E-state index in [2.05, 4.69) is 11.6 Å². The Labute approximate surface area is 119 Å². The summed E-state index contributed by atoms with van der Waals surface area (Å²) in [6.07, 6.45) is 4.24. The first-order chi connectivity index (χ1) is 9.30.